The summed E-state index contributed by atoms with van der Waals surface area (Å²) in [6.45, 7) is -0.103. The summed E-state index contributed by atoms with van der Waals surface area (Å²) < 4.78 is 43.4. The highest BCUT2D eigenvalue weighted by Gasteiger charge is 2.49. The fraction of sp³-hybridized carbons (Fsp3) is 0.263. The summed E-state index contributed by atoms with van der Waals surface area (Å²) in [6, 6.07) is 9.72. The van der Waals surface area contributed by atoms with E-state index in [-0.39, 0.29) is 30.2 Å². The first-order valence-electron chi connectivity index (χ1n) is 8.99. The van der Waals surface area contributed by atoms with Crippen LogP contribution in [-0.2, 0) is 26.1 Å². The first-order chi connectivity index (χ1) is 14.4. The molecule has 9 nitrogen and oxygen atoms in total. The Balaban J connectivity index is 1.65. The van der Waals surface area contributed by atoms with Crippen molar-refractivity contribution in [3.63, 3.8) is 0 Å². The van der Waals surface area contributed by atoms with Crippen molar-refractivity contribution in [3.05, 3.63) is 58.9 Å². The molecule has 0 aliphatic carbocycles. The fourth-order valence-electron chi connectivity index (χ4n) is 3.05. The van der Waals surface area contributed by atoms with E-state index in [1.54, 1.807) is 6.07 Å². The summed E-state index contributed by atoms with van der Waals surface area (Å²) >= 11 is 5.75. The molecule has 1 fully saturated rings. The molecule has 12 heteroatoms. The Labute approximate surface area is 182 Å². The molecule has 3 rings (SSSR count). The number of nitrogens with one attached hydrogen (secondary N) is 2. The number of sulfonamides is 1. The molecule has 1 aliphatic heterocycles. The van der Waals surface area contributed by atoms with Crippen LogP contribution in [0.4, 0.5) is 20.6 Å². The van der Waals surface area contributed by atoms with Crippen molar-refractivity contribution in [1.82, 2.24) is 5.32 Å². The third-order valence-corrected chi connectivity index (χ3v) is 5.16. The molecule has 1 atom stereocenters. The number of hydrogen-bond donors (Lipinski definition) is 3. The summed E-state index contributed by atoms with van der Waals surface area (Å²) in [7, 11) is -3.52. The van der Waals surface area contributed by atoms with Crippen LogP contribution >= 0.6 is 11.6 Å². The molecule has 2 aromatic rings. The zero-order valence-corrected chi connectivity index (χ0v) is 17.8. The number of carbonyl (C=O) groups excluding carboxylic acids is 2. The molecule has 3 N–H and O–H groups in total. The zero-order valence-electron chi connectivity index (χ0n) is 16.3. The van der Waals surface area contributed by atoms with Crippen LogP contribution in [0.1, 0.15) is 12.0 Å². The number of aliphatic hydroxyl groups is 1. The van der Waals surface area contributed by atoms with Crippen molar-refractivity contribution in [2.24, 2.45) is 0 Å². The molecule has 1 saturated heterocycles. The van der Waals surface area contributed by atoms with E-state index in [4.69, 9.17) is 16.3 Å². The summed E-state index contributed by atoms with van der Waals surface area (Å²) in [5.41, 5.74) is 0.909. The van der Waals surface area contributed by atoms with Gasteiger partial charge in [0.2, 0.25) is 10.0 Å². The lowest BCUT2D eigenvalue weighted by Crippen LogP contribution is -2.46. The van der Waals surface area contributed by atoms with Crippen molar-refractivity contribution >= 4 is 45.0 Å². The highest BCUT2D eigenvalue weighted by molar-refractivity contribution is 7.92. The van der Waals surface area contributed by atoms with Crippen LogP contribution in [0.3, 0.4) is 0 Å². The molecule has 0 spiro atoms. The molecule has 31 heavy (non-hydrogen) atoms. The minimum absolute atomic E-state index is 0.0322. The summed E-state index contributed by atoms with van der Waals surface area (Å²) in [5.74, 6) is -3.86. The molecule has 0 aromatic heterocycles. The predicted octanol–water partition coefficient (Wildman–Crippen LogP) is 2.20. The molecule has 166 valence electrons. The first kappa shape index (κ1) is 22.8. The Morgan fingerprint density at radius 2 is 2.06 bits per heavy atom. The number of ether oxygens (including phenoxy) is 1. The lowest BCUT2D eigenvalue weighted by Gasteiger charge is -2.23. The summed E-state index contributed by atoms with van der Waals surface area (Å²) in [6.07, 6.45) is -0.288. The molecule has 2 aromatic carbocycles. The van der Waals surface area contributed by atoms with Crippen LogP contribution < -0.4 is 14.9 Å². The summed E-state index contributed by atoms with van der Waals surface area (Å²) in [4.78, 5) is 25.9. The second kappa shape index (κ2) is 8.69. The fourth-order valence-corrected chi connectivity index (χ4v) is 3.85. The molecular formula is C19H19ClFN3O6S. The maximum Gasteiger partial charge on any atom is 0.410 e. The number of benzene rings is 2. The van der Waals surface area contributed by atoms with Gasteiger partial charge in [0.25, 0.3) is 11.7 Å². The van der Waals surface area contributed by atoms with Gasteiger partial charge in [0, 0.05) is 30.2 Å². The van der Waals surface area contributed by atoms with E-state index < -0.39 is 33.6 Å². The van der Waals surface area contributed by atoms with Crippen molar-refractivity contribution in [3.8, 4) is 0 Å². The van der Waals surface area contributed by atoms with Gasteiger partial charge in [0.05, 0.1) is 11.9 Å². The molecule has 2 amide bonds. The molecule has 0 bridgehead atoms. The lowest BCUT2D eigenvalue weighted by molar-refractivity contribution is -0.175. The molecular weight excluding hydrogens is 453 g/mol. The highest BCUT2D eigenvalue weighted by atomic mass is 35.5. The number of hydrogen-bond acceptors (Lipinski definition) is 6. The average Bonchev–Trinajstić information content (AvgIpc) is 2.93. The zero-order chi connectivity index (χ0) is 22.8. The van der Waals surface area contributed by atoms with E-state index in [0.717, 1.165) is 12.3 Å². The minimum Gasteiger partial charge on any atom is -0.407 e. The third-order valence-electron chi connectivity index (χ3n) is 4.34. The van der Waals surface area contributed by atoms with Crippen LogP contribution in [0.5, 0.6) is 0 Å². The Kier molecular flexibility index (Phi) is 6.39. The quantitative estimate of drug-likeness (QED) is 0.555. The van der Waals surface area contributed by atoms with E-state index in [1.165, 1.54) is 35.2 Å². The van der Waals surface area contributed by atoms with Gasteiger partial charge in [-0.2, -0.15) is 0 Å². The van der Waals surface area contributed by atoms with Crippen molar-refractivity contribution in [2.45, 2.75) is 18.8 Å². The van der Waals surface area contributed by atoms with E-state index >= 15 is 0 Å². The van der Waals surface area contributed by atoms with E-state index in [2.05, 4.69) is 10.0 Å². The Morgan fingerprint density at radius 3 is 2.74 bits per heavy atom. The third kappa shape index (κ3) is 5.84. The van der Waals surface area contributed by atoms with Crippen molar-refractivity contribution in [2.75, 3.05) is 22.4 Å². The topological polar surface area (TPSA) is 125 Å². The van der Waals surface area contributed by atoms with Crippen molar-refractivity contribution in [1.29, 1.82) is 0 Å². The molecule has 1 heterocycles. The number of nitrogens with zero attached hydrogens (tertiary/aromatic N) is 1. The van der Waals surface area contributed by atoms with Gasteiger partial charge in [-0.3, -0.25) is 9.52 Å². The molecule has 0 radical (unpaired) electrons. The lowest BCUT2D eigenvalue weighted by atomic mass is 10.2. The van der Waals surface area contributed by atoms with Crippen LogP contribution in [0.25, 0.3) is 0 Å². The largest absolute Gasteiger partial charge is 0.410 e. The second-order valence-electron chi connectivity index (χ2n) is 6.94. The van der Waals surface area contributed by atoms with Gasteiger partial charge in [-0.25, -0.2) is 17.6 Å². The van der Waals surface area contributed by atoms with E-state index in [1.807, 2.05) is 0 Å². The Bertz CT molecular complexity index is 1110. The number of alkyl carbamates (subject to hydrolysis) is 1. The molecule has 0 unspecified atom stereocenters. The number of carbonyl (C=O) groups is 2. The Hall–Kier alpha value is -2.89. The SMILES string of the molecule is CS(=O)(=O)Nc1cccc(N2CC[C@](O)(OC(=O)NCc3cc(F)cc(Cl)c3)C2=O)c1. The van der Waals surface area contributed by atoms with E-state index in [9.17, 15) is 27.5 Å². The van der Waals surface area contributed by atoms with Gasteiger partial charge >= 0.3 is 6.09 Å². The van der Waals surface area contributed by atoms with Crippen LogP contribution in [0.2, 0.25) is 5.02 Å². The van der Waals surface area contributed by atoms with Gasteiger partial charge < -0.3 is 20.1 Å². The molecule has 0 saturated carbocycles. The maximum atomic E-state index is 13.4. The number of amides is 2. The smallest absolute Gasteiger partial charge is 0.407 e. The minimum atomic E-state index is -3.52. The Morgan fingerprint density at radius 1 is 1.32 bits per heavy atom. The van der Waals surface area contributed by atoms with Crippen LogP contribution in [0.15, 0.2) is 42.5 Å². The van der Waals surface area contributed by atoms with Gasteiger partial charge in [-0.15, -0.1) is 0 Å². The highest BCUT2D eigenvalue weighted by Crippen LogP contribution is 2.31. The van der Waals surface area contributed by atoms with Gasteiger partial charge in [-0.05, 0) is 42.0 Å². The normalized spacial score (nSPS) is 18.7. The second-order valence-corrected chi connectivity index (χ2v) is 9.12. The standard InChI is InChI=1S/C19H19ClFN3O6S/c1-31(28,29)23-15-3-2-4-16(10-15)24-6-5-19(27,17(24)25)30-18(26)22-11-12-7-13(20)9-14(21)8-12/h2-4,7-10,23,27H,5-6,11H2,1H3,(H,22,26)/t19-/m0/s1. The maximum absolute atomic E-state index is 13.4. The van der Waals surface area contributed by atoms with Gasteiger partial charge in [-0.1, -0.05) is 17.7 Å². The average molecular weight is 472 g/mol. The first-order valence-corrected chi connectivity index (χ1v) is 11.3. The number of anilines is 2. The summed E-state index contributed by atoms with van der Waals surface area (Å²) in [5, 5.41) is 13.0. The van der Waals surface area contributed by atoms with Crippen LogP contribution in [-0.4, -0.2) is 44.1 Å². The predicted molar refractivity (Wildman–Crippen MR) is 112 cm³/mol. The monoisotopic (exact) mass is 471 g/mol. The van der Waals surface area contributed by atoms with E-state index in [0.29, 0.717) is 11.3 Å². The number of halogens is 2. The van der Waals surface area contributed by atoms with Gasteiger partial charge in [0.1, 0.15) is 5.82 Å². The van der Waals surface area contributed by atoms with Crippen LogP contribution in [0, 0.1) is 5.82 Å². The number of rotatable bonds is 6. The molecule has 1 aliphatic rings. The van der Waals surface area contributed by atoms with Crippen molar-refractivity contribution < 1.29 is 32.2 Å². The van der Waals surface area contributed by atoms with Gasteiger partial charge in [0.15, 0.2) is 0 Å².